The van der Waals surface area contributed by atoms with Crippen molar-refractivity contribution in [2.24, 2.45) is 0 Å². The molecule has 0 saturated carbocycles. The molecule has 112 valence electrons. The number of amides is 1. The van der Waals surface area contributed by atoms with Gasteiger partial charge in [0.2, 0.25) is 5.91 Å². The van der Waals surface area contributed by atoms with Crippen molar-refractivity contribution in [3.05, 3.63) is 29.8 Å². The number of likely N-dealkylation sites (N-methyl/N-ethyl adjacent to an activating group) is 1. The second-order valence-corrected chi connectivity index (χ2v) is 4.85. The lowest BCUT2D eigenvalue weighted by molar-refractivity contribution is -0.125. The summed E-state index contributed by atoms with van der Waals surface area (Å²) in [4.78, 5) is 13.7. The highest BCUT2D eigenvalue weighted by atomic mass is 16.5. The van der Waals surface area contributed by atoms with Crippen LogP contribution in [-0.4, -0.2) is 51.3 Å². The minimum absolute atomic E-state index is 0.0145. The molecule has 1 aromatic carbocycles. The first kappa shape index (κ1) is 16.5. The smallest absolute Gasteiger partial charge is 0.237 e. The molecule has 5 nitrogen and oxygen atoms in total. The lowest BCUT2D eigenvalue weighted by atomic mass is 10.2. The van der Waals surface area contributed by atoms with Crippen LogP contribution in [0, 0.1) is 0 Å². The lowest BCUT2D eigenvalue weighted by Crippen LogP contribution is -2.41. The maximum Gasteiger partial charge on any atom is 0.237 e. The summed E-state index contributed by atoms with van der Waals surface area (Å²) < 4.78 is 10.5. The van der Waals surface area contributed by atoms with Gasteiger partial charge in [0.1, 0.15) is 12.4 Å². The van der Waals surface area contributed by atoms with Crippen molar-refractivity contribution in [2.45, 2.75) is 19.5 Å². The molecule has 0 aliphatic heterocycles. The van der Waals surface area contributed by atoms with Crippen molar-refractivity contribution in [3.8, 4) is 5.75 Å². The van der Waals surface area contributed by atoms with E-state index in [0.717, 1.165) is 11.3 Å². The number of nitrogens with zero attached hydrogens (tertiary/aromatic N) is 1. The van der Waals surface area contributed by atoms with Crippen LogP contribution in [0.25, 0.3) is 0 Å². The highest BCUT2D eigenvalue weighted by molar-refractivity contribution is 5.81. The number of carbonyl (C=O) groups excluding carboxylic acids is 1. The molecular weight excluding hydrogens is 256 g/mol. The molecule has 0 radical (unpaired) electrons. The lowest BCUT2D eigenvalue weighted by Gasteiger charge is -2.19. The third-order valence-electron chi connectivity index (χ3n) is 3.08. The van der Waals surface area contributed by atoms with Crippen molar-refractivity contribution >= 4 is 5.91 Å². The third kappa shape index (κ3) is 5.59. The zero-order valence-corrected chi connectivity index (χ0v) is 12.7. The van der Waals surface area contributed by atoms with Crippen LogP contribution >= 0.6 is 0 Å². The predicted molar refractivity (Wildman–Crippen MR) is 78.8 cm³/mol. The SMILES string of the molecule is COCCOc1cccc(CNC(=O)C(C)N(C)C)c1. The Bertz CT molecular complexity index is 421. The molecule has 0 aliphatic carbocycles. The summed E-state index contributed by atoms with van der Waals surface area (Å²) in [5.41, 5.74) is 1.01. The number of carbonyl (C=O) groups is 1. The zero-order chi connectivity index (χ0) is 15.0. The number of hydrogen-bond acceptors (Lipinski definition) is 4. The van der Waals surface area contributed by atoms with Crippen LogP contribution in [-0.2, 0) is 16.1 Å². The summed E-state index contributed by atoms with van der Waals surface area (Å²) in [5, 5.41) is 2.91. The number of ether oxygens (including phenoxy) is 2. The van der Waals surface area contributed by atoms with Gasteiger partial charge >= 0.3 is 0 Å². The molecule has 0 fully saturated rings. The Morgan fingerprint density at radius 1 is 1.35 bits per heavy atom. The highest BCUT2D eigenvalue weighted by Crippen LogP contribution is 2.13. The molecule has 0 aromatic heterocycles. The van der Waals surface area contributed by atoms with Gasteiger partial charge in [0.25, 0.3) is 0 Å². The minimum atomic E-state index is -0.142. The van der Waals surface area contributed by atoms with E-state index in [0.29, 0.717) is 19.8 Å². The average Bonchev–Trinajstić information content (AvgIpc) is 2.44. The first-order valence-electron chi connectivity index (χ1n) is 6.69. The van der Waals surface area contributed by atoms with Gasteiger partial charge in [-0.25, -0.2) is 0 Å². The average molecular weight is 280 g/mol. The Kier molecular flexibility index (Phi) is 7.04. The first-order chi connectivity index (χ1) is 9.54. The van der Waals surface area contributed by atoms with Gasteiger partial charge in [0.05, 0.1) is 12.6 Å². The van der Waals surface area contributed by atoms with Crippen LogP contribution in [0.4, 0.5) is 0 Å². The van der Waals surface area contributed by atoms with Crippen molar-refractivity contribution in [3.63, 3.8) is 0 Å². The zero-order valence-electron chi connectivity index (χ0n) is 12.7. The number of methoxy groups -OCH3 is 1. The molecule has 0 bridgehead atoms. The summed E-state index contributed by atoms with van der Waals surface area (Å²) in [5.74, 6) is 0.801. The molecule has 0 heterocycles. The number of benzene rings is 1. The first-order valence-corrected chi connectivity index (χ1v) is 6.69. The van der Waals surface area contributed by atoms with E-state index in [1.807, 2.05) is 50.2 Å². The van der Waals surface area contributed by atoms with Gasteiger partial charge in [-0.15, -0.1) is 0 Å². The minimum Gasteiger partial charge on any atom is -0.491 e. The van der Waals surface area contributed by atoms with Gasteiger partial charge in [0, 0.05) is 13.7 Å². The van der Waals surface area contributed by atoms with E-state index < -0.39 is 0 Å². The summed E-state index contributed by atoms with van der Waals surface area (Å²) in [6, 6.07) is 7.55. The van der Waals surface area contributed by atoms with Crippen LogP contribution < -0.4 is 10.1 Å². The van der Waals surface area contributed by atoms with Crippen molar-refractivity contribution in [1.29, 1.82) is 0 Å². The van der Waals surface area contributed by atoms with Gasteiger partial charge in [-0.05, 0) is 38.7 Å². The Labute approximate surface area is 120 Å². The molecule has 0 saturated heterocycles. The maximum absolute atomic E-state index is 11.9. The molecule has 1 rings (SSSR count). The molecule has 5 heteroatoms. The molecule has 1 amide bonds. The number of hydrogen-bond donors (Lipinski definition) is 1. The van der Waals surface area contributed by atoms with Gasteiger partial charge in [-0.2, -0.15) is 0 Å². The van der Waals surface area contributed by atoms with Crippen LogP contribution in [0.1, 0.15) is 12.5 Å². The molecule has 20 heavy (non-hydrogen) atoms. The van der Waals surface area contributed by atoms with E-state index in [1.54, 1.807) is 7.11 Å². The van der Waals surface area contributed by atoms with Crippen LogP contribution in [0.5, 0.6) is 5.75 Å². The fraction of sp³-hybridized carbons (Fsp3) is 0.533. The molecule has 1 N–H and O–H groups in total. The fourth-order valence-electron chi connectivity index (χ4n) is 1.56. The van der Waals surface area contributed by atoms with Crippen molar-refractivity contribution in [1.82, 2.24) is 10.2 Å². The van der Waals surface area contributed by atoms with Crippen LogP contribution in [0.15, 0.2) is 24.3 Å². The Morgan fingerprint density at radius 2 is 2.10 bits per heavy atom. The second-order valence-electron chi connectivity index (χ2n) is 4.85. The number of rotatable bonds is 8. The molecule has 0 aliphatic rings. The predicted octanol–water partition coefficient (Wildman–Crippen LogP) is 1.28. The Hall–Kier alpha value is -1.59. The standard InChI is InChI=1S/C15H24N2O3/c1-12(17(2)3)15(18)16-11-13-6-5-7-14(10-13)20-9-8-19-4/h5-7,10,12H,8-9,11H2,1-4H3,(H,16,18). The molecule has 1 aromatic rings. The molecule has 0 spiro atoms. The molecule has 1 unspecified atom stereocenters. The number of nitrogens with one attached hydrogen (secondary N) is 1. The maximum atomic E-state index is 11.9. The monoisotopic (exact) mass is 280 g/mol. The van der Waals surface area contributed by atoms with E-state index in [-0.39, 0.29) is 11.9 Å². The Balaban J connectivity index is 2.47. The largest absolute Gasteiger partial charge is 0.491 e. The normalized spacial score (nSPS) is 12.2. The Morgan fingerprint density at radius 3 is 2.75 bits per heavy atom. The quantitative estimate of drug-likeness (QED) is 0.729. The van der Waals surface area contributed by atoms with Gasteiger partial charge in [0.15, 0.2) is 0 Å². The third-order valence-corrected chi connectivity index (χ3v) is 3.08. The van der Waals surface area contributed by atoms with Crippen LogP contribution in [0.2, 0.25) is 0 Å². The topological polar surface area (TPSA) is 50.8 Å². The summed E-state index contributed by atoms with van der Waals surface area (Å²) >= 11 is 0. The van der Waals surface area contributed by atoms with Gasteiger partial charge in [-0.1, -0.05) is 12.1 Å². The van der Waals surface area contributed by atoms with Gasteiger partial charge < -0.3 is 14.8 Å². The van der Waals surface area contributed by atoms with Crippen molar-refractivity contribution < 1.29 is 14.3 Å². The fourth-order valence-corrected chi connectivity index (χ4v) is 1.56. The van der Waals surface area contributed by atoms with E-state index >= 15 is 0 Å². The van der Waals surface area contributed by atoms with Crippen LogP contribution in [0.3, 0.4) is 0 Å². The summed E-state index contributed by atoms with van der Waals surface area (Å²) in [6.07, 6.45) is 0. The summed E-state index contributed by atoms with van der Waals surface area (Å²) in [7, 11) is 5.41. The van der Waals surface area contributed by atoms with E-state index in [1.165, 1.54) is 0 Å². The van der Waals surface area contributed by atoms with E-state index in [9.17, 15) is 4.79 Å². The second kappa shape index (κ2) is 8.55. The molecule has 1 atom stereocenters. The summed E-state index contributed by atoms with van der Waals surface area (Å²) in [6.45, 7) is 3.45. The van der Waals surface area contributed by atoms with E-state index in [4.69, 9.17) is 9.47 Å². The van der Waals surface area contributed by atoms with E-state index in [2.05, 4.69) is 5.32 Å². The van der Waals surface area contributed by atoms with Crippen molar-refractivity contribution in [2.75, 3.05) is 34.4 Å². The molecular formula is C15H24N2O3. The highest BCUT2D eigenvalue weighted by Gasteiger charge is 2.13. The van der Waals surface area contributed by atoms with Gasteiger partial charge in [-0.3, -0.25) is 9.69 Å².